The van der Waals surface area contributed by atoms with E-state index in [1.807, 2.05) is 0 Å². The Bertz CT molecular complexity index is 208. The summed E-state index contributed by atoms with van der Waals surface area (Å²) in [4.78, 5) is 14.2. The topological polar surface area (TPSA) is 58.4 Å². The first-order valence-electron chi connectivity index (χ1n) is 6.48. The van der Waals surface area contributed by atoms with Gasteiger partial charge < -0.3 is 16.0 Å². The van der Waals surface area contributed by atoms with E-state index in [2.05, 4.69) is 17.1 Å². The number of piperidine rings is 1. The first-order valence-corrected chi connectivity index (χ1v) is 6.48. The van der Waals surface area contributed by atoms with Crippen molar-refractivity contribution in [1.82, 2.24) is 10.2 Å². The predicted molar refractivity (Wildman–Crippen MR) is 66.1 cm³/mol. The van der Waals surface area contributed by atoms with Gasteiger partial charge in [-0.2, -0.15) is 0 Å². The van der Waals surface area contributed by atoms with Crippen LogP contribution in [0.25, 0.3) is 0 Å². The normalized spacial score (nSPS) is 22.0. The molecule has 1 aliphatic heterocycles. The fraction of sp³-hybridized carbons (Fsp3) is 0.917. The van der Waals surface area contributed by atoms with Crippen LogP contribution in [0.3, 0.4) is 0 Å². The molecule has 1 atom stereocenters. The fourth-order valence-electron chi connectivity index (χ4n) is 2.19. The maximum Gasteiger partial charge on any atom is 0.224 e. The molecule has 1 aliphatic rings. The third kappa shape index (κ3) is 4.49. The van der Waals surface area contributed by atoms with Crippen LogP contribution in [0.1, 0.15) is 32.6 Å². The Morgan fingerprint density at radius 2 is 2.38 bits per heavy atom. The number of hydrogen-bond acceptors (Lipinski definition) is 3. The third-order valence-corrected chi connectivity index (χ3v) is 3.15. The largest absolute Gasteiger partial charge is 0.355 e. The summed E-state index contributed by atoms with van der Waals surface area (Å²) in [5.74, 6) is 0.365. The molecule has 0 saturated carbocycles. The molecule has 1 rings (SSSR count). The Kier molecular flexibility index (Phi) is 6.42. The first kappa shape index (κ1) is 13.5. The summed E-state index contributed by atoms with van der Waals surface area (Å²) >= 11 is 0. The number of nitrogens with two attached hydrogens (primary N) is 1. The highest BCUT2D eigenvalue weighted by molar-refractivity contribution is 5.78. The molecule has 0 radical (unpaired) electrons. The van der Waals surface area contributed by atoms with E-state index >= 15 is 0 Å². The summed E-state index contributed by atoms with van der Waals surface area (Å²) < 4.78 is 0. The molecule has 0 aliphatic carbocycles. The maximum atomic E-state index is 11.8. The van der Waals surface area contributed by atoms with Gasteiger partial charge in [-0.3, -0.25) is 4.79 Å². The number of carbonyl (C=O) groups is 1. The van der Waals surface area contributed by atoms with Crippen molar-refractivity contribution in [2.75, 3.05) is 32.7 Å². The zero-order valence-electron chi connectivity index (χ0n) is 10.4. The number of amides is 1. The highest BCUT2D eigenvalue weighted by Gasteiger charge is 2.24. The lowest BCUT2D eigenvalue weighted by Gasteiger charge is -2.31. The standard InChI is InChI=1S/C12H25N3O/c1-2-3-8-15-9-4-5-11(10-15)12(16)14-7-6-13/h11H,2-10,13H2,1H3,(H,14,16). The van der Waals surface area contributed by atoms with Crippen molar-refractivity contribution in [1.29, 1.82) is 0 Å². The zero-order valence-corrected chi connectivity index (χ0v) is 10.4. The molecule has 1 amide bonds. The van der Waals surface area contributed by atoms with Gasteiger partial charge in [0.2, 0.25) is 5.91 Å². The van der Waals surface area contributed by atoms with Crippen LogP contribution in [0.4, 0.5) is 0 Å². The van der Waals surface area contributed by atoms with Crippen molar-refractivity contribution >= 4 is 5.91 Å². The van der Waals surface area contributed by atoms with Gasteiger partial charge in [0.1, 0.15) is 0 Å². The molecule has 0 aromatic carbocycles. The van der Waals surface area contributed by atoms with E-state index in [-0.39, 0.29) is 11.8 Å². The summed E-state index contributed by atoms with van der Waals surface area (Å²) in [7, 11) is 0. The Balaban J connectivity index is 2.28. The van der Waals surface area contributed by atoms with E-state index < -0.39 is 0 Å². The second-order valence-corrected chi connectivity index (χ2v) is 4.57. The van der Waals surface area contributed by atoms with E-state index in [0.717, 1.165) is 32.5 Å². The van der Waals surface area contributed by atoms with E-state index in [4.69, 9.17) is 5.73 Å². The molecule has 0 aromatic rings. The molecule has 0 spiro atoms. The van der Waals surface area contributed by atoms with Crippen molar-refractivity contribution < 1.29 is 4.79 Å². The maximum absolute atomic E-state index is 11.8. The van der Waals surface area contributed by atoms with E-state index in [1.54, 1.807) is 0 Å². The van der Waals surface area contributed by atoms with Crippen molar-refractivity contribution in [3.05, 3.63) is 0 Å². The first-order chi connectivity index (χ1) is 7.77. The molecule has 16 heavy (non-hydrogen) atoms. The fourth-order valence-corrected chi connectivity index (χ4v) is 2.19. The van der Waals surface area contributed by atoms with Crippen molar-refractivity contribution in [3.8, 4) is 0 Å². The minimum absolute atomic E-state index is 0.178. The van der Waals surface area contributed by atoms with Gasteiger partial charge in [-0.15, -0.1) is 0 Å². The number of unbranched alkanes of at least 4 members (excludes halogenated alkanes) is 1. The van der Waals surface area contributed by atoms with Crippen molar-refractivity contribution in [3.63, 3.8) is 0 Å². The quantitative estimate of drug-likeness (QED) is 0.697. The Morgan fingerprint density at radius 3 is 3.06 bits per heavy atom. The summed E-state index contributed by atoms with van der Waals surface area (Å²) in [6, 6.07) is 0. The second-order valence-electron chi connectivity index (χ2n) is 4.57. The van der Waals surface area contributed by atoms with E-state index in [9.17, 15) is 4.79 Å². The van der Waals surface area contributed by atoms with Crippen molar-refractivity contribution in [2.45, 2.75) is 32.6 Å². The summed E-state index contributed by atoms with van der Waals surface area (Å²) in [5.41, 5.74) is 5.37. The van der Waals surface area contributed by atoms with Crippen LogP contribution in [0.5, 0.6) is 0 Å². The Labute approximate surface area is 98.6 Å². The average Bonchev–Trinajstić information content (AvgIpc) is 2.33. The Morgan fingerprint density at radius 1 is 1.56 bits per heavy atom. The van der Waals surface area contributed by atoms with Crippen LogP contribution in [-0.4, -0.2) is 43.5 Å². The lowest BCUT2D eigenvalue weighted by molar-refractivity contribution is -0.126. The SMILES string of the molecule is CCCCN1CCCC(C(=O)NCCN)C1. The predicted octanol–water partition coefficient (Wildman–Crippen LogP) is 0.573. The smallest absolute Gasteiger partial charge is 0.224 e. The minimum atomic E-state index is 0.178. The second kappa shape index (κ2) is 7.63. The monoisotopic (exact) mass is 227 g/mol. The van der Waals surface area contributed by atoms with Crippen LogP contribution in [-0.2, 0) is 4.79 Å². The van der Waals surface area contributed by atoms with Crippen LogP contribution < -0.4 is 11.1 Å². The lowest BCUT2D eigenvalue weighted by Crippen LogP contribution is -2.44. The third-order valence-electron chi connectivity index (χ3n) is 3.15. The molecule has 1 heterocycles. The number of likely N-dealkylation sites (tertiary alicyclic amines) is 1. The van der Waals surface area contributed by atoms with Gasteiger partial charge in [-0.25, -0.2) is 0 Å². The van der Waals surface area contributed by atoms with Crippen LogP contribution in [0.15, 0.2) is 0 Å². The van der Waals surface area contributed by atoms with Crippen LogP contribution in [0.2, 0.25) is 0 Å². The van der Waals surface area contributed by atoms with Gasteiger partial charge in [0.15, 0.2) is 0 Å². The van der Waals surface area contributed by atoms with Crippen LogP contribution in [0, 0.1) is 5.92 Å². The number of carbonyl (C=O) groups excluding carboxylic acids is 1. The van der Waals surface area contributed by atoms with E-state index in [0.29, 0.717) is 13.1 Å². The molecule has 0 aromatic heterocycles. The molecular formula is C12H25N3O. The lowest BCUT2D eigenvalue weighted by atomic mass is 9.97. The molecule has 0 bridgehead atoms. The van der Waals surface area contributed by atoms with Gasteiger partial charge in [0.05, 0.1) is 5.92 Å². The highest BCUT2D eigenvalue weighted by atomic mass is 16.1. The molecule has 4 nitrogen and oxygen atoms in total. The minimum Gasteiger partial charge on any atom is -0.355 e. The molecule has 4 heteroatoms. The molecular weight excluding hydrogens is 202 g/mol. The average molecular weight is 227 g/mol. The summed E-state index contributed by atoms with van der Waals surface area (Å²) in [5, 5.41) is 2.89. The number of rotatable bonds is 6. The summed E-state index contributed by atoms with van der Waals surface area (Å²) in [6.45, 7) is 6.55. The van der Waals surface area contributed by atoms with Gasteiger partial charge in [0.25, 0.3) is 0 Å². The molecule has 1 saturated heterocycles. The molecule has 1 fully saturated rings. The number of hydrogen-bond donors (Lipinski definition) is 2. The Hall–Kier alpha value is -0.610. The van der Waals surface area contributed by atoms with Gasteiger partial charge in [-0.1, -0.05) is 13.3 Å². The summed E-state index contributed by atoms with van der Waals surface area (Å²) in [6.07, 6.45) is 4.63. The number of nitrogens with one attached hydrogen (secondary N) is 1. The van der Waals surface area contributed by atoms with Gasteiger partial charge in [0, 0.05) is 19.6 Å². The molecule has 94 valence electrons. The van der Waals surface area contributed by atoms with Crippen LogP contribution >= 0.6 is 0 Å². The van der Waals surface area contributed by atoms with Crippen molar-refractivity contribution in [2.24, 2.45) is 11.7 Å². The van der Waals surface area contributed by atoms with Gasteiger partial charge in [-0.05, 0) is 32.4 Å². The van der Waals surface area contributed by atoms with E-state index in [1.165, 1.54) is 12.8 Å². The van der Waals surface area contributed by atoms with Gasteiger partial charge >= 0.3 is 0 Å². The highest BCUT2D eigenvalue weighted by Crippen LogP contribution is 2.16. The zero-order chi connectivity index (χ0) is 11.8. The molecule has 1 unspecified atom stereocenters. The molecule has 3 N–H and O–H groups in total. The number of nitrogens with zero attached hydrogens (tertiary/aromatic N) is 1.